The third kappa shape index (κ3) is 3.03. The summed E-state index contributed by atoms with van der Waals surface area (Å²) in [7, 11) is 0. The van der Waals surface area contributed by atoms with E-state index in [2.05, 4.69) is 23.2 Å². The number of aryl methyl sites for hydroxylation is 1. The molecular weight excluding hydrogens is 260 g/mol. The van der Waals surface area contributed by atoms with Crippen LogP contribution in [0.15, 0.2) is 54.7 Å². The molecule has 1 aromatic heterocycles. The summed E-state index contributed by atoms with van der Waals surface area (Å²) in [6, 6.07) is 16.2. The third-order valence-electron chi connectivity index (χ3n) is 3.48. The van der Waals surface area contributed by atoms with Crippen molar-refractivity contribution in [2.24, 2.45) is 5.73 Å². The fraction of sp³-hybridized carbons (Fsp3) is 0.167. The lowest BCUT2D eigenvalue weighted by Gasteiger charge is -2.11. The lowest BCUT2D eigenvalue weighted by atomic mass is 10.1. The van der Waals surface area contributed by atoms with E-state index in [9.17, 15) is 0 Å². The Morgan fingerprint density at radius 2 is 1.95 bits per heavy atom. The number of para-hydroxylation sites is 1. The van der Waals surface area contributed by atoms with Gasteiger partial charge in [0.25, 0.3) is 0 Å². The number of pyridine rings is 1. The fourth-order valence-corrected chi connectivity index (χ4v) is 2.31. The molecule has 0 aliphatic heterocycles. The smallest absolute Gasteiger partial charge is 0.146 e. The minimum Gasteiger partial charge on any atom is -0.455 e. The van der Waals surface area contributed by atoms with E-state index in [-0.39, 0.29) is 0 Å². The number of fused-ring (bicyclic) bond motifs is 1. The SMILES string of the molecule is Cc1ccc(CCN)cc1Oc1cnc2ccccc2c1. The van der Waals surface area contributed by atoms with E-state index in [1.807, 2.05) is 37.3 Å². The topological polar surface area (TPSA) is 48.1 Å². The van der Waals surface area contributed by atoms with Crippen LogP contribution in [0.5, 0.6) is 11.5 Å². The van der Waals surface area contributed by atoms with Crippen molar-refractivity contribution in [3.8, 4) is 11.5 Å². The first-order valence-corrected chi connectivity index (χ1v) is 7.08. The number of aromatic nitrogens is 1. The van der Waals surface area contributed by atoms with Crippen molar-refractivity contribution in [1.82, 2.24) is 4.98 Å². The quantitative estimate of drug-likeness (QED) is 0.789. The van der Waals surface area contributed by atoms with Crippen LogP contribution >= 0.6 is 0 Å². The molecule has 106 valence electrons. The van der Waals surface area contributed by atoms with Crippen LogP contribution in [0.2, 0.25) is 0 Å². The summed E-state index contributed by atoms with van der Waals surface area (Å²) < 4.78 is 6.00. The Hall–Kier alpha value is -2.39. The van der Waals surface area contributed by atoms with Gasteiger partial charge in [-0.25, -0.2) is 0 Å². The van der Waals surface area contributed by atoms with E-state index < -0.39 is 0 Å². The lowest BCUT2D eigenvalue weighted by Crippen LogP contribution is -2.03. The highest BCUT2D eigenvalue weighted by atomic mass is 16.5. The van der Waals surface area contributed by atoms with E-state index in [4.69, 9.17) is 10.5 Å². The minimum atomic E-state index is 0.639. The van der Waals surface area contributed by atoms with Gasteiger partial charge in [-0.15, -0.1) is 0 Å². The fourth-order valence-electron chi connectivity index (χ4n) is 2.31. The summed E-state index contributed by atoms with van der Waals surface area (Å²) >= 11 is 0. The van der Waals surface area contributed by atoms with Crippen LogP contribution < -0.4 is 10.5 Å². The van der Waals surface area contributed by atoms with Crippen LogP contribution in [0.25, 0.3) is 10.9 Å². The van der Waals surface area contributed by atoms with E-state index >= 15 is 0 Å². The molecule has 3 nitrogen and oxygen atoms in total. The average Bonchev–Trinajstić information content (AvgIpc) is 2.51. The molecule has 0 saturated carbocycles. The van der Waals surface area contributed by atoms with Crippen molar-refractivity contribution < 1.29 is 4.74 Å². The molecule has 0 aliphatic rings. The van der Waals surface area contributed by atoms with E-state index in [1.165, 1.54) is 5.56 Å². The lowest BCUT2D eigenvalue weighted by molar-refractivity contribution is 0.477. The monoisotopic (exact) mass is 278 g/mol. The highest BCUT2D eigenvalue weighted by Gasteiger charge is 2.05. The second-order valence-corrected chi connectivity index (χ2v) is 5.10. The number of nitrogens with two attached hydrogens (primary N) is 1. The van der Waals surface area contributed by atoms with Crippen LogP contribution in [-0.4, -0.2) is 11.5 Å². The van der Waals surface area contributed by atoms with Gasteiger partial charge < -0.3 is 10.5 Å². The normalized spacial score (nSPS) is 10.8. The third-order valence-corrected chi connectivity index (χ3v) is 3.48. The summed E-state index contributed by atoms with van der Waals surface area (Å²) in [5.74, 6) is 1.61. The zero-order chi connectivity index (χ0) is 14.7. The maximum absolute atomic E-state index is 6.00. The van der Waals surface area contributed by atoms with Crippen LogP contribution in [0.4, 0.5) is 0 Å². The van der Waals surface area contributed by atoms with Gasteiger partial charge in [-0.2, -0.15) is 0 Å². The molecule has 0 saturated heterocycles. The Bertz CT molecular complexity index is 768. The predicted molar refractivity (Wildman–Crippen MR) is 85.8 cm³/mol. The van der Waals surface area contributed by atoms with Crippen molar-refractivity contribution in [1.29, 1.82) is 0 Å². The van der Waals surface area contributed by atoms with Gasteiger partial charge in [-0.05, 0) is 49.2 Å². The Labute approximate surface area is 124 Å². The molecule has 0 aliphatic carbocycles. The summed E-state index contributed by atoms with van der Waals surface area (Å²) in [6.45, 7) is 2.68. The highest BCUT2D eigenvalue weighted by Crippen LogP contribution is 2.27. The standard InChI is InChI=1S/C18H18N2O/c1-13-6-7-14(8-9-19)10-18(13)21-16-11-15-4-2-3-5-17(15)20-12-16/h2-7,10-12H,8-9,19H2,1H3. The van der Waals surface area contributed by atoms with Crippen LogP contribution in [0, 0.1) is 6.92 Å². The van der Waals surface area contributed by atoms with Gasteiger partial charge in [0.05, 0.1) is 11.7 Å². The van der Waals surface area contributed by atoms with E-state index in [0.717, 1.165) is 34.4 Å². The summed E-state index contributed by atoms with van der Waals surface area (Å²) in [5.41, 5.74) is 8.87. The molecule has 0 amide bonds. The van der Waals surface area contributed by atoms with Crippen molar-refractivity contribution in [2.45, 2.75) is 13.3 Å². The summed E-state index contributed by atoms with van der Waals surface area (Å²) in [5, 5.41) is 1.07. The van der Waals surface area contributed by atoms with Gasteiger partial charge in [-0.1, -0.05) is 30.3 Å². The molecule has 0 spiro atoms. The summed E-state index contributed by atoms with van der Waals surface area (Å²) in [4.78, 5) is 4.42. The molecule has 0 atom stereocenters. The minimum absolute atomic E-state index is 0.639. The predicted octanol–water partition coefficient (Wildman–Crippen LogP) is 3.84. The molecule has 1 heterocycles. The molecule has 3 aromatic rings. The molecule has 0 radical (unpaired) electrons. The molecule has 0 bridgehead atoms. The van der Waals surface area contributed by atoms with Gasteiger partial charge in [-0.3, -0.25) is 4.98 Å². The van der Waals surface area contributed by atoms with E-state index in [1.54, 1.807) is 6.20 Å². The van der Waals surface area contributed by atoms with Gasteiger partial charge >= 0.3 is 0 Å². The Kier molecular flexibility index (Phi) is 3.84. The zero-order valence-corrected chi connectivity index (χ0v) is 12.0. The van der Waals surface area contributed by atoms with Crippen molar-refractivity contribution in [2.75, 3.05) is 6.54 Å². The van der Waals surface area contributed by atoms with Crippen LogP contribution in [0.3, 0.4) is 0 Å². The van der Waals surface area contributed by atoms with Crippen molar-refractivity contribution in [3.63, 3.8) is 0 Å². The molecule has 0 fully saturated rings. The largest absolute Gasteiger partial charge is 0.455 e. The van der Waals surface area contributed by atoms with Gasteiger partial charge in [0.2, 0.25) is 0 Å². The Morgan fingerprint density at radius 3 is 2.81 bits per heavy atom. The highest BCUT2D eigenvalue weighted by molar-refractivity contribution is 5.79. The van der Waals surface area contributed by atoms with Crippen molar-refractivity contribution in [3.05, 3.63) is 65.9 Å². The second-order valence-electron chi connectivity index (χ2n) is 5.10. The first-order chi connectivity index (χ1) is 10.3. The van der Waals surface area contributed by atoms with Gasteiger partial charge in [0.1, 0.15) is 11.5 Å². The van der Waals surface area contributed by atoms with Crippen LogP contribution in [0.1, 0.15) is 11.1 Å². The number of ether oxygens (including phenoxy) is 1. The molecular formula is C18H18N2O. The second kappa shape index (κ2) is 5.94. The maximum Gasteiger partial charge on any atom is 0.146 e. The maximum atomic E-state index is 6.00. The van der Waals surface area contributed by atoms with Crippen LogP contribution in [-0.2, 0) is 6.42 Å². The van der Waals surface area contributed by atoms with Gasteiger partial charge in [0, 0.05) is 5.39 Å². The number of nitrogens with zero attached hydrogens (tertiary/aromatic N) is 1. The average molecular weight is 278 g/mol. The number of rotatable bonds is 4. The number of hydrogen-bond acceptors (Lipinski definition) is 3. The molecule has 21 heavy (non-hydrogen) atoms. The molecule has 2 N–H and O–H groups in total. The first kappa shape index (κ1) is 13.6. The molecule has 3 heteroatoms. The molecule has 0 unspecified atom stereocenters. The molecule has 3 rings (SSSR count). The first-order valence-electron chi connectivity index (χ1n) is 7.08. The zero-order valence-electron chi connectivity index (χ0n) is 12.0. The molecule has 2 aromatic carbocycles. The van der Waals surface area contributed by atoms with Gasteiger partial charge in [0.15, 0.2) is 0 Å². The number of hydrogen-bond donors (Lipinski definition) is 1. The Morgan fingerprint density at radius 1 is 1.10 bits per heavy atom. The summed E-state index contributed by atoms with van der Waals surface area (Å²) in [6.07, 6.45) is 2.62. The Balaban J connectivity index is 1.92. The van der Waals surface area contributed by atoms with E-state index in [0.29, 0.717) is 6.54 Å². The van der Waals surface area contributed by atoms with Crippen molar-refractivity contribution >= 4 is 10.9 Å². The number of benzene rings is 2.